The number of hydrogen-bond donors (Lipinski definition) is 1. The molecule has 156 valence electrons. The SMILES string of the molecule is O=S(=O)(Nc1ccc2c(c1)CCCN2S(=O)(=O)c1ccccc1)c1ccc(Br)cc1. The van der Waals surface area contributed by atoms with Gasteiger partial charge in [-0.15, -0.1) is 0 Å². The predicted molar refractivity (Wildman–Crippen MR) is 121 cm³/mol. The Morgan fingerprint density at radius 2 is 1.53 bits per heavy atom. The lowest BCUT2D eigenvalue weighted by Crippen LogP contribution is -2.35. The molecular weight excluding hydrogens is 488 g/mol. The standard InChI is InChI=1S/C21H19BrN2O4S2/c22-17-8-11-19(12-9-17)29(25,26)23-18-10-13-21-16(15-18)5-4-14-24(21)30(27,28)20-6-2-1-3-7-20/h1-3,6-13,15,23H,4-5,14H2. The second-order valence-electron chi connectivity index (χ2n) is 6.90. The van der Waals surface area contributed by atoms with Crippen LogP contribution in [0.15, 0.2) is 87.1 Å². The minimum absolute atomic E-state index is 0.150. The number of rotatable bonds is 5. The first-order chi connectivity index (χ1) is 14.3. The van der Waals surface area contributed by atoms with E-state index in [1.807, 2.05) is 0 Å². The van der Waals surface area contributed by atoms with Crippen LogP contribution in [0.1, 0.15) is 12.0 Å². The van der Waals surface area contributed by atoms with E-state index in [0.717, 1.165) is 10.0 Å². The molecule has 3 aromatic carbocycles. The zero-order valence-corrected chi connectivity index (χ0v) is 19.0. The number of hydrogen-bond acceptors (Lipinski definition) is 4. The summed E-state index contributed by atoms with van der Waals surface area (Å²) in [5, 5.41) is 0. The molecule has 0 aliphatic carbocycles. The summed E-state index contributed by atoms with van der Waals surface area (Å²) in [6.07, 6.45) is 1.33. The fraction of sp³-hybridized carbons (Fsp3) is 0.143. The van der Waals surface area contributed by atoms with E-state index in [1.165, 1.54) is 16.4 Å². The van der Waals surface area contributed by atoms with Gasteiger partial charge in [0.1, 0.15) is 0 Å². The van der Waals surface area contributed by atoms with E-state index in [2.05, 4.69) is 20.7 Å². The number of nitrogens with one attached hydrogen (secondary N) is 1. The van der Waals surface area contributed by atoms with E-state index in [4.69, 9.17) is 0 Å². The van der Waals surface area contributed by atoms with Crippen molar-refractivity contribution in [2.24, 2.45) is 0 Å². The highest BCUT2D eigenvalue weighted by Gasteiger charge is 2.29. The van der Waals surface area contributed by atoms with Crippen LogP contribution in [0.25, 0.3) is 0 Å². The van der Waals surface area contributed by atoms with Gasteiger partial charge in [0, 0.05) is 16.7 Å². The maximum Gasteiger partial charge on any atom is 0.264 e. The molecule has 0 saturated carbocycles. The Labute approximate surface area is 184 Å². The quantitative estimate of drug-likeness (QED) is 0.555. The van der Waals surface area contributed by atoms with Crippen LogP contribution >= 0.6 is 15.9 Å². The number of anilines is 2. The van der Waals surface area contributed by atoms with Crippen LogP contribution in [0.5, 0.6) is 0 Å². The van der Waals surface area contributed by atoms with E-state index in [0.29, 0.717) is 30.8 Å². The fourth-order valence-electron chi connectivity index (χ4n) is 3.42. The van der Waals surface area contributed by atoms with Gasteiger partial charge in [0.2, 0.25) is 0 Å². The number of nitrogens with zero attached hydrogens (tertiary/aromatic N) is 1. The Kier molecular flexibility index (Phi) is 5.61. The molecule has 0 aromatic heterocycles. The van der Waals surface area contributed by atoms with Crippen molar-refractivity contribution in [2.75, 3.05) is 15.6 Å². The Morgan fingerprint density at radius 1 is 0.833 bits per heavy atom. The maximum absolute atomic E-state index is 13.1. The van der Waals surface area contributed by atoms with Gasteiger partial charge in [0.25, 0.3) is 20.0 Å². The van der Waals surface area contributed by atoms with Crippen LogP contribution in [0, 0.1) is 0 Å². The van der Waals surface area contributed by atoms with Crippen molar-refractivity contribution in [2.45, 2.75) is 22.6 Å². The second kappa shape index (κ2) is 8.05. The van der Waals surface area contributed by atoms with Gasteiger partial charge < -0.3 is 0 Å². The molecule has 4 rings (SSSR count). The van der Waals surface area contributed by atoms with Crippen LogP contribution in [0.2, 0.25) is 0 Å². The second-order valence-corrected chi connectivity index (χ2v) is 11.4. The number of halogens is 1. The molecule has 0 spiro atoms. The zero-order valence-electron chi connectivity index (χ0n) is 15.8. The molecule has 30 heavy (non-hydrogen) atoms. The van der Waals surface area contributed by atoms with E-state index in [-0.39, 0.29) is 9.79 Å². The average molecular weight is 507 g/mol. The molecule has 0 saturated heterocycles. The van der Waals surface area contributed by atoms with E-state index >= 15 is 0 Å². The van der Waals surface area contributed by atoms with Gasteiger partial charge in [-0.1, -0.05) is 34.1 Å². The molecule has 1 aliphatic heterocycles. The number of fused-ring (bicyclic) bond motifs is 1. The first kappa shape index (κ1) is 20.9. The van der Waals surface area contributed by atoms with Crippen molar-refractivity contribution in [3.63, 3.8) is 0 Å². The number of aryl methyl sites for hydroxylation is 1. The average Bonchev–Trinajstić information content (AvgIpc) is 2.74. The third-order valence-corrected chi connectivity index (χ3v) is 8.62. The molecule has 0 unspecified atom stereocenters. The Morgan fingerprint density at radius 3 is 2.23 bits per heavy atom. The molecule has 6 nitrogen and oxygen atoms in total. The summed E-state index contributed by atoms with van der Waals surface area (Å²) in [6.45, 7) is 0.383. The lowest BCUT2D eigenvalue weighted by atomic mass is 10.0. The van der Waals surface area contributed by atoms with Gasteiger partial charge in [-0.2, -0.15) is 0 Å². The molecule has 1 aliphatic rings. The Balaban J connectivity index is 1.65. The summed E-state index contributed by atoms with van der Waals surface area (Å²) in [4.78, 5) is 0.384. The number of sulfonamides is 2. The van der Waals surface area contributed by atoms with E-state index in [9.17, 15) is 16.8 Å². The monoisotopic (exact) mass is 506 g/mol. The van der Waals surface area contributed by atoms with Crippen molar-refractivity contribution < 1.29 is 16.8 Å². The molecule has 0 radical (unpaired) electrons. The summed E-state index contributed by atoms with van der Waals surface area (Å²) in [6, 6.07) is 19.6. The van der Waals surface area contributed by atoms with Crippen LogP contribution in [-0.4, -0.2) is 23.4 Å². The van der Waals surface area contributed by atoms with E-state index in [1.54, 1.807) is 60.7 Å². The van der Waals surface area contributed by atoms with E-state index < -0.39 is 20.0 Å². The number of benzene rings is 3. The van der Waals surface area contributed by atoms with Gasteiger partial charge >= 0.3 is 0 Å². The summed E-state index contributed by atoms with van der Waals surface area (Å²) < 4.78 is 56.2. The molecule has 3 aromatic rings. The largest absolute Gasteiger partial charge is 0.280 e. The van der Waals surface area contributed by atoms with Gasteiger partial charge in [-0.25, -0.2) is 16.8 Å². The molecule has 0 bridgehead atoms. The molecule has 1 N–H and O–H groups in total. The van der Waals surface area contributed by atoms with Crippen LogP contribution in [-0.2, 0) is 26.5 Å². The predicted octanol–water partition coefficient (Wildman–Crippen LogP) is 4.39. The first-order valence-corrected chi connectivity index (χ1v) is 13.0. The summed E-state index contributed by atoms with van der Waals surface area (Å²) in [7, 11) is -7.42. The van der Waals surface area contributed by atoms with Crippen LogP contribution in [0.3, 0.4) is 0 Å². The maximum atomic E-state index is 13.1. The molecular formula is C21H19BrN2O4S2. The Bertz CT molecular complexity index is 1280. The fourth-order valence-corrected chi connectivity index (χ4v) is 6.30. The van der Waals surface area contributed by atoms with Gasteiger partial charge in [-0.05, 0) is 73.0 Å². The highest BCUT2D eigenvalue weighted by molar-refractivity contribution is 9.10. The van der Waals surface area contributed by atoms with Crippen molar-refractivity contribution >= 4 is 47.4 Å². The first-order valence-electron chi connectivity index (χ1n) is 9.26. The smallest absolute Gasteiger partial charge is 0.264 e. The summed E-state index contributed by atoms with van der Waals surface area (Å²) in [5.41, 5.74) is 1.77. The van der Waals surface area contributed by atoms with Crippen molar-refractivity contribution in [1.29, 1.82) is 0 Å². The topological polar surface area (TPSA) is 83.6 Å². The molecule has 0 amide bonds. The Hall–Kier alpha value is -2.36. The van der Waals surface area contributed by atoms with Crippen molar-refractivity contribution in [1.82, 2.24) is 0 Å². The van der Waals surface area contributed by atoms with Crippen molar-refractivity contribution in [3.8, 4) is 0 Å². The molecule has 9 heteroatoms. The summed E-state index contributed by atoms with van der Waals surface area (Å²) >= 11 is 3.29. The third kappa shape index (κ3) is 4.10. The van der Waals surface area contributed by atoms with Crippen LogP contribution < -0.4 is 9.03 Å². The molecule has 1 heterocycles. The highest BCUT2D eigenvalue weighted by atomic mass is 79.9. The van der Waals surface area contributed by atoms with Gasteiger partial charge in [-0.3, -0.25) is 9.03 Å². The third-order valence-electron chi connectivity index (χ3n) is 4.86. The van der Waals surface area contributed by atoms with Gasteiger partial charge in [0.05, 0.1) is 15.5 Å². The van der Waals surface area contributed by atoms with Gasteiger partial charge in [0.15, 0.2) is 0 Å². The summed E-state index contributed by atoms with van der Waals surface area (Å²) in [5.74, 6) is 0. The normalized spacial score (nSPS) is 14.2. The minimum atomic E-state index is -3.74. The molecule has 0 fully saturated rings. The zero-order chi connectivity index (χ0) is 21.4. The molecule has 0 atom stereocenters. The highest BCUT2D eigenvalue weighted by Crippen LogP contribution is 2.34. The van der Waals surface area contributed by atoms with Crippen LogP contribution in [0.4, 0.5) is 11.4 Å². The van der Waals surface area contributed by atoms with Crippen molar-refractivity contribution in [3.05, 3.63) is 82.8 Å². The lowest BCUT2D eigenvalue weighted by Gasteiger charge is -2.31. The lowest BCUT2D eigenvalue weighted by molar-refractivity contribution is 0.586. The minimum Gasteiger partial charge on any atom is -0.280 e.